The van der Waals surface area contributed by atoms with Gasteiger partial charge in [-0.1, -0.05) is 30.3 Å². The number of nitrogens with zero attached hydrogens (tertiary/aromatic N) is 3. The van der Waals surface area contributed by atoms with Crippen LogP contribution in [0.1, 0.15) is 20.8 Å². The predicted molar refractivity (Wildman–Crippen MR) is 119 cm³/mol. The van der Waals surface area contributed by atoms with Crippen LogP contribution in [0.5, 0.6) is 11.5 Å². The van der Waals surface area contributed by atoms with Crippen LogP contribution in [0, 0.1) is 0 Å². The van der Waals surface area contributed by atoms with Crippen molar-refractivity contribution in [3.63, 3.8) is 0 Å². The zero-order valence-corrected chi connectivity index (χ0v) is 17.8. The molecule has 0 spiro atoms. The lowest BCUT2D eigenvalue weighted by atomic mass is 10.1. The van der Waals surface area contributed by atoms with Gasteiger partial charge in [-0.25, -0.2) is 9.97 Å². The van der Waals surface area contributed by atoms with Gasteiger partial charge >= 0.3 is 0 Å². The summed E-state index contributed by atoms with van der Waals surface area (Å²) in [4.78, 5) is 8.67. The number of benzene rings is 2. The number of fused-ring (bicyclic) bond motifs is 1. The van der Waals surface area contributed by atoms with Crippen molar-refractivity contribution >= 4 is 33.8 Å². The normalized spacial score (nSPS) is 11.2. The largest absolute Gasteiger partial charge is 0.457 e. The average Bonchev–Trinajstić information content (AvgIpc) is 3.05. The van der Waals surface area contributed by atoms with Crippen LogP contribution in [0.4, 0.5) is 5.82 Å². The number of ether oxygens (including phenoxy) is 1. The molecule has 0 aliphatic rings. The first kappa shape index (κ1) is 19.9. The van der Waals surface area contributed by atoms with Gasteiger partial charge in [0.15, 0.2) is 0 Å². The van der Waals surface area contributed by atoms with E-state index in [2.05, 4.69) is 41.5 Å². The molecule has 2 N–H and O–H groups in total. The molecule has 6 heteroatoms. The van der Waals surface area contributed by atoms with E-state index in [1.54, 1.807) is 0 Å². The molecule has 0 atom stereocenters. The Morgan fingerprint density at radius 3 is 2.18 bits per heavy atom. The van der Waals surface area contributed by atoms with Crippen LogP contribution in [0.25, 0.3) is 22.2 Å². The molecule has 5 nitrogen and oxygen atoms in total. The van der Waals surface area contributed by atoms with E-state index in [9.17, 15) is 0 Å². The first-order valence-electron chi connectivity index (χ1n) is 8.89. The maximum Gasteiger partial charge on any atom is 0.146 e. The van der Waals surface area contributed by atoms with Crippen molar-refractivity contribution in [3.8, 4) is 22.6 Å². The second-order valence-corrected chi connectivity index (χ2v) is 7.48. The van der Waals surface area contributed by atoms with Crippen LogP contribution in [-0.4, -0.2) is 14.5 Å². The van der Waals surface area contributed by atoms with Gasteiger partial charge in [-0.15, -0.1) is 17.0 Å². The van der Waals surface area contributed by atoms with Gasteiger partial charge in [0.2, 0.25) is 0 Å². The molecule has 0 aliphatic carbocycles. The Balaban J connectivity index is 0.00000225. The number of rotatable bonds is 3. The smallest absolute Gasteiger partial charge is 0.146 e. The molecule has 0 fully saturated rings. The van der Waals surface area contributed by atoms with Gasteiger partial charge in [0, 0.05) is 17.3 Å². The number of halogens is 1. The summed E-state index contributed by atoms with van der Waals surface area (Å²) in [7, 11) is 0. The number of para-hydroxylation sites is 1. The van der Waals surface area contributed by atoms with E-state index in [-0.39, 0.29) is 22.5 Å². The van der Waals surface area contributed by atoms with E-state index in [1.807, 2.05) is 54.6 Å². The van der Waals surface area contributed by atoms with E-state index in [4.69, 9.17) is 10.5 Å². The summed E-state index contributed by atoms with van der Waals surface area (Å²) in [6, 6.07) is 17.7. The molecule has 4 aromatic rings. The Morgan fingerprint density at radius 2 is 1.54 bits per heavy atom. The van der Waals surface area contributed by atoms with Gasteiger partial charge in [0.05, 0.1) is 5.39 Å². The minimum Gasteiger partial charge on any atom is -0.457 e. The van der Waals surface area contributed by atoms with Crippen LogP contribution >= 0.6 is 17.0 Å². The van der Waals surface area contributed by atoms with Crippen molar-refractivity contribution in [2.45, 2.75) is 26.3 Å². The quantitative estimate of drug-likeness (QED) is 0.438. The monoisotopic (exact) mass is 438 g/mol. The highest BCUT2D eigenvalue weighted by atomic mass is 79.9. The van der Waals surface area contributed by atoms with Crippen LogP contribution in [0.2, 0.25) is 0 Å². The van der Waals surface area contributed by atoms with Crippen molar-refractivity contribution in [2.24, 2.45) is 0 Å². The van der Waals surface area contributed by atoms with Gasteiger partial charge in [0.25, 0.3) is 0 Å². The third-order valence-corrected chi connectivity index (χ3v) is 4.48. The molecule has 0 aliphatic heterocycles. The zero-order valence-electron chi connectivity index (χ0n) is 16.1. The van der Waals surface area contributed by atoms with E-state index < -0.39 is 0 Å². The molecule has 0 saturated heterocycles. The van der Waals surface area contributed by atoms with Gasteiger partial charge in [-0.05, 0) is 50.6 Å². The molecule has 144 valence electrons. The van der Waals surface area contributed by atoms with Crippen molar-refractivity contribution < 1.29 is 4.74 Å². The van der Waals surface area contributed by atoms with Crippen LogP contribution in [0.3, 0.4) is 0 Å². The summed E-state index contributed by atoms with van der Waals surface area (Å²) in [6.07, 6.45) is 3.61. The summed E-state index contributed by atoms with van der Waals surface area (Å²) in [5, 5.41) is 0.879. The number of nitrogens with two attached hydrogens (primary N) is 1. The number of nitrogen functional groups attached to an aromatic ring is 1. The lowest BCUT2D eigenvalue weighted by Crippen LogP contribution is -2.21. The van der Waals surface area contributed by atoms with E-state index in [1.165, 1.54) is 6.33 Å². The second kappa shape index (κ2) is 7.64. The fraction of sp³-hybridized carbons (Fsp3) is 0.182. The fourth-order valence-electron chi connectivity index (χ4n) is 3.14. The van der Waals surface area contributed by atoms with E-state index in [0.717, 1.165) is 33.7 Å². The minimum atomic E-state index is -0.117. The predicted octanol–water partition coefficient (Wildman–Crippen LogP) is 5.81. The van der Waals surface area contributed by atoms with Gasteiger partial charge in [0.1, 0.15) is 29.3 Å². The molecule has 2 heterocycles. The molecular formula is C22H23BrN4O. The SMILES string of the molecule is Br.CC(C)(C)n1cc(-c2ccc(Oc3ccccc3)cc2)c2c(N)ncnc21. The van der Waals surface area contributed by atoms with Gasteiger partial charge < -0.3 is 15.0 Å². The molecule has 0 unspecified atom stereocenters. The maximum absolute atomic E-state index is 6.19. The van der Waals surface area contributed by atoms with Gasteiger partial charge in [-0.3, -0.25) is 0 Å². The number of aromatic nitrogens is 3. The first-order valence-corrected chi connectivity index (χ1v) is 8.89. The molecule has 4 rings (SSSR count). The number of hydrogen-bond donors (Lipinski definition) is 1. The Bertz CT molecular complexity index is 1080. The molecule has 2 aromatic carbocycles. The molecule has 2 aromatic heterocycles. The summed E-state index contributed by atoms with van der Waals surface area (Å²) in [5.41, 5.74) is 8.98. The summed E-state index contributed by atoms with van der Waals surface area (Å²) >= 11 is 0. The Hall–Kier alpha value is -2.86. The minimum absolute atomic E-state index is 0. The molecule has 0 amide bonds. The summed E-state index contributed by atoms with van der Waals surface area (Å²) in [6.45, 7) is 6.43. The van der Waals surface area contributed by atoms with Crippen molar-refractivity contribution in [3.05, 3.63) is 67.1 Å². The van der Waals surface area contributed by atoms with Crippen molar-refractivity contribution in [1.82, 2.24) is 14.5 Å². The standard InChI is InChI=1S/C22H22N4O.BrH/c1-22(2,3)26-13-18(19-20(23)24-14-25-21(19)26)15-9-11-17(12-10-15)27-16-7-5-4-6-8-16;/h4-14H,1-3H3,(H2,23,24,25);1H. The Kier molecular flexibility index (Phi) is 5.42. The third-order valence-electron chi connectivity index (χ3n) is 4.48. The number of hydrogen-bond acceptors (Lipinski definition) is 4. The fourth-order valence-corrected chi connectivity index (χ4v) is 3.14. The molecule has 0 radical (unpaired) electrons. The molecule has 0 bridgehead atoms. The molecular weight excluding hydrogens is 416 g/mol. The number of anilines is 1. The van der Waals surface area contributed by atoms with E-state index >= 15 is 0 Å². The summed E-state index contributed by atoms with van der Waals surface area (Å²) < 4.78 is 8.03. The van der Waals surface area contributed by atoms with E-state index in [0.29, 0.717) is 5.82 Å². The highest BCUT2D eigenvalue weighted by molar-refractivity contribution is 8.93. The lowest BCUT2D eigenvalue weighted by molar-refractivity contribution is 0.408. The first-order chi connectivity index (χ1) is 12.9. The van der Waals surface area contributed by atoms with Gasteiger partial charge in [-0.2, -0.15) is 0 Å². The summed E-state index contributed by atoms with van der Waals surface area (Å²) in [5.74, 6) is 2.09. The van der Waals surface area contributed by atoms with Crippen molar-refractivity contribution in [1.29, 1.82) is 0 Å². The lowest BCUT2D eigenvalue weighted by Gasteiger charge is -2.21. The molecule has 0 saturated carbocycles. The van der Waals surface area contributed by atoms with Crippen molar-refractivity contribution in [2.75, 3.05) is 5.73 Å². The Morgan fingerprint density at radius 1 is 0.893 bits per heavy atom. The average molecular weight is 439 g/mol. The highest BCUT2D eigenvalue weighted by Crippen LogP contribution is 2.36. The maximum atomic E-state index is 6.19. The zero-order chi connectivity index (χ0) is 19.0. The topological polar surface area (TPSA) is 66.0 Å². The van der Waals surface area contributed by atoms with Crippen LogP contribution in [-0.2, 0) is 5.54 Å². The molecule has 28 heavy (non-hydrogen) atoms. The third kappa shape index (κ3) is 3.73. The second-order valence-electron chi connectivity index (χ2n) is 7.48. The highest BCUT2D eigenvalue weighted by Gasteiger charge is 2.21. The van der Waals surface area contributed by atoms with Crippen LogP contribution in [0.15, 0.2) is 67.1 Å². The Labute approximate surface area is 175 Å². The van der Waals surface area contributed by atoms with Crippen LogP contribution < -0.4 is 10.5 Å².